The third-order valence-electron chi connectivity index (χ3n) is 4.90. The lowest BCUT2D eigenvalue weighted by Crippen LogP contribution is -2.13. The fraction of sp³-hybridized carbons (Fsp3) is 0.0952. The molecule has 4 aromatic rings. The Hall–Kier alpha value is -3.22. The number of fused-ring (bicyclic) bond motifs is 1. The van der Waals surface area contributed by atoms with Crippen molar-refractivity contribution in [1.82, 2.24) is 9.97 Å². The van der Waals surface area contributed by atoms with E-state index in [2.05, 4.69) is 9.97 Å². The summed E-state index contributed by atoms with van der Waals surface area (Å²) >= 11 is 0. The second-order valence-electron chi connectivity index (χ2n) is 7.24. The van der Waals surface area contributed by atoms with Crippen molar-refractivity contribution in [3.8, 4) is 11.1 Å². The quantitative estimate of drug-likeness (QED) is 0.435. The van der Waals surface area contributed by atoms with Crippen LogP contribution in [0.3, 0.4) is 0 Å². The average molecular weight is 496 g/mol. The van der Waals surface area contributed by atoms with E-state index in [4.69, 9.17) is 5.14 Å². The van der Waals surface area contributed by atoms with Crippen molar-refractivity contribution in [3.63, 3.8) is 0 Å². The molecule has 0 radical (unpaired) electrons. The van der Waals surface area contributed by atoms with Gasteiger partial charge in [-0.25, -0.2) is 27.0 Å². The Morgan fingerprint density at radius 1 is 0.909 bits per heavy atom. The second-order valence-corrected chi connectivity index (χ2v) is 10.8. The molecule has 172 valence electrons. The molecule has 0 aliphatic heterocycles. The van der Waals surface area contributed by atoms with E-state index in [-0.39, 0.29) is 15.6 Å². The van der Waals surface area contributed by atoms with E-state index in [1.54, 1.807) is 36.4 Å². The number of hydrogen-bond donors (Lipinski definition) is 2. The first-order chi connectivity index (χ1) is 15.3. The van der Waals surface area contributed by atoms with E-state index >= 15 is 0 Å². The fourth-order valence-electron chi connectivity index (χ4n) is 3.37. The number of alkyl halides is 3. The van der Waals surface area contributed by atoms with Crippen LogP contribution < -0.4 is 5.14 Å². The van der Waals surface area contributed by atoms with Gasteiger partial charge in [-0.15, -0.1) is 0 Å². The van der Waals surface area contributed by atoms with Gasteiger partial charge in [-0.05, 0) is 48.0 Å². The Morgan fingerprint density at radius 3 is 2.21 bits per heavy atom. The van der Waals surface area contributed by atoms with Gasteiger partial charge in [0.1, 0.15) is 11.6 Å². The maximum absolute atomic E-state index is 12.7. The van der Waals surface area contributed by atoms with Crippen molar-refractivity contribution < 1.29 is 30.0 Å². The number of sulfonamides is 1. The van der Waals surface area contributed by atoms with Gasteiger partial charge < -0.3 is 4.98 Å². The molecule has 0 fully saturated rings. The number of benzene rings is 3. The van der Waals surface area contributed by atoms with Crippen LogP contribution in [0.4, 0.5) is 13.2 Å². The van der Waals surface area contributed by atoms with Crippen LogP contribution in [-0.2, 0) is 31.8 Å². The van der Waals surface area contributed by atoms with E-state index in [1.165, 1.54) is 6.07 Å². The van der Waals surface area contributed by atoms with Crippen LogP contribution in [0.5, 0.6) is 0 Å². The maximum atomic E-state index is 12.7. The number of rotatable bonds is 5. The molecule has 0 aliphatic carbocycles. The van der Waals surface area contributed by atoms with Gasteiger partial charge >= 0.3 is 6.18 Å². The molecule has 3 aromatic carbocycles. The first-order valence-electron chi connectivity index (χ1n) is 9.35. The average Bonchev–Trinajstić information content (AvgIpc) is 3.13. The highest BCUT2D eigenvalue weighted by Crippen LogP contribution is 2.31. The lowest BCUT2D eigenvalue weighted by molar-refractivity contribution is -0.137. The minimum Gasteiger partial charge on any atom is -0.341 e. The number of nitrogens with two attached hydrogens (primary N) is 1. The van der Waals surface area contributed by atoms with Crippen LogP contribution in [-0.4, -0.2) is 26.8 Å². The molecule has 0 bridgehead atoms. The molecule has 33 heavy (non-hydrogen) atoms. The number of halogens is 3. The topological polar surface area (TPSA) is 123 Å². The summed E-state index contributed by atoms with van der Waals surface area (Å²) in [4.78, 5) is 6.78. The summed E-state index contributed by atoms with van der Waals surface area (Å²) in [6, 6.07) is 14.2. The Balaban J connectivity index is 1.66. The van der Waals surface area contributed by atoms with Crippen molar-refractivity contribution in [2.24, 2.45) is 5.14 Å². The summed E-state index contributed by atoms with van der Waals surface area (Å²) in [5.74, 6) is -0.474. The summed E-state index contributed by atoms with van der Waals surface area (Å²) in [5.41, 5.74) is 0.833. The normalized spacial score (nSPS) is 12.8. The third kappa shape index (κ3) is 4.77. The molecule has 4 rings (SSSR count). The number of H-pyrrole nitrogens is 1. The number of imidazole rings is 1. The summed E-state index contributed by atoms with van der Waals surface area (Å²) in [6.07, 6.45) is -4.57. The highest BCUT2D eigenvalue weighted by atomic mass is 32.2. The van der Waals surface area contributed by atoms with Crippen molar-refractivity contribution in [2.45, 2.75) is 21.7 Å². The number of hydrogen-bond acceptors (Lipinski definition) is 5. The monoisotopic (exact) mass is 495 g/mol. The van der Waals surface area contributed by atoms with Crippen LogP contribution in [0, 0.1) is 0 Å². The molecular weight excluding hydrogens is 479 g/mol. The third-order valence-corrected chi connectivity index (χ3v) is 7.52. The molecule has 0 saturated carbocycles. The Bertz CT molecular complexity index is 1560. The summed E-state index contributed by atoms with van der Waals surface area (Å²) in [5, 5.41) is 5.29. The zero-order chi connectivity index (χ0) is 24.0. The Labute approximate surface area is 187 Å². The first kappa shape index (κ1) is 23.0. The number of nitrogens with zero attached hydrogens (tertiary/aromatic N) is 1. The predicted molar refractivity (Wildman–Crippen MR) is 115 cm³/mol. The number of sulfone groups is 1. The van der Waals surface area contributed by atoms with Crippen molar-refractivity contribution in [1.29, 1.82) is 0 Å². The summed E-state index contributed by atoms with van der Waals surface area (Å²) in [6.45, 7) is 0. The maximum Gasteiger partial charge on any atom is 0.416 e. The van der Waals surface area contributed by atoms with E-state index < -0.39 is 37.4 Å². The lowest BCUT2D eigenvalue weighted by atomic mass is 10.1. The number of aromatic amines is 1. The first-order valence-corrected chi connectivity index (χ1v) is 12.6. The number of primary sulfonamides is 1. The second kappa shape index (κ2) is 7.97. The van der Waals surface area contributed by atoms with Gasteiger partial charge in [-0.2, -0.15) is 13.2 Å². The van der Waals surface area contributed by atoms with E-state index in [0.717, 1.165) is 12.1 Å². The minimum absolute atomic E-state index is 0.0611. The molecule has 0 aliphatic rings. The number of aromatic nitrogens is 2. The van der Waals surface area contributed by atoms with Crippen molar-refractivity contribution >= 4 is 30.9 Å². The van der Waals surface area contributed by atoms with E-state index in [9.17, 15) is 30.0 Å². The molecule has 0 unspecified atom stereocenters. The van der Waals surface area contributed by atoms with Gasteiger partial charge in [-0.1, -0.05) is 24.3 Å². The van der Waals surface area contributed by atoms with Gasteiger partial charge in [-0.3, -0.25) is 0 Å². The minimum atomic E-state index is -4.57. The highest BCUT2D eigenvalue weighted by molar-refractivity contribution is 7.90. The molecule has 3 N–H and O–H groups in total. The molecule has 1 aromatic heterocycles. The molecule has 12 heteroatoms. The van der Waals surface area contributed by atoms with Crippen molar-refractivity contribution in [3.05, 3.63) is 78.1 Å². The number of nitrogens with one attached hydrogen (secondary N) is 1. The Morgan fingerprint density at radius 2 is 1.58 bits per heavy atom. The van der Waals surface area contributed by atoms with Crippen LogP contribution in [0.1, 0.15) is 11.4 Å². The van der Waals surface area contributed by atoms with Crippen LogP contribution in [0.25, 0.3) is 22.2 Å². The molecule has 0 amide bonds. The van der Waals surface area contributed by atoms with Gasteiger partial charge in [0.25, 0.3) is 0 Å². The van der Waals surface area contributed by atoms with Gasteiger partial charge in [0.2, 0.25) is 10.0 Å². The Kier molecular flexibility index (Phi) is 5.55. The van der Waals surface area contributed by atoms with Gasteiger partial charge in [0, 0.05) is 5.56 Å². The highest BCUT2D eigenvalue weighted by Gasteiger charge is 2.30. The van der Waals surface area contributed by atoms with Crippen molar-refractivity contribution in [2.75, 3.05) is 0 Å². The van der Waals surface area contributed by atoms with E-state index in [0.29, 0.717) is 34.3 Å². The molecule has 1 heterocycles. The zero-order valence-corrected chi connectivity index (χ0v) is 18.3. The standard InChI is InChI=1S/C21H16F3N3O4S2/c22-21(23,24)14-6-8-15(9-7-14)32(28,29)12-20-26-17-10-5-13(11-18(17)27-20)16-3-1-2-4-19(16)33(25,30)31/h1-11H,12H2,(H,26,27)(H2,25,30,31). The molecule has 0 spiro atoms. The van der Waals surface area contributed by atoms with Gasteiger partial charge in [0.05, 0.1) is 26.4 Å². The largest absolute Gasteiger partial charge is 0.416 e. The molecular formula is C21H16F3N3O4S2. The zero-order valence-electron chi connectivity index (χ0n) is 16.7. The lowest BCUT2D eigenvalue weighted by Gasteiger charge is -2.08. The molecule has 0 atom stereocenters. The van der Waals surface area contributed by atoms with Crippen LogP contribution in [0.2, 0.25) is 0 Å². The SMILES string of the molecule is NS(=O)(=O)c1ccccc1-c1ccc2nc(CS(=O)(=O)c3ccc(C(F)(F)F)cc3)[nH]c2c1. The molecule has 7 nitrogen and oxygen atoms in total. The molecule has 0 saturated heterocycles. The summed E-state index contributed by atoms with van der Waals surface area (Å²) < 4.78 is 87.3. The van der Waals surface area contributed by atoms with Crippen LogP contribution in [0.15, 0.2) is 76.5 Å². The summed E-state index contributed by atoms with van der Waals surface area (Å²) in [7, 11) is -7.94. The van der Waals surface area contributed by atoms with Crippen LogP contribution >= 0.6 is 0 Å². The van der Waals surface area contributed by atoms with Gasteiger partial charge in [0.15, 0.2) is 9.84 Å². The fourth-order valence-corrected chi connectivity index (χ4v) is 5.34. The van der Waals surface area contributed by atoms with E-state index in [1.807, 2.05) is 0 Å². The predicted octanol–water partition coefficient (Wildman–Crippen LogP) is 3.87. The smallest absolute Gasteiger partial charge is 0.341 e.